The maximum Gasteiger partial charge on any atom is 0.145 e. The highest BCUT2D eigenvalue weighted by Crippen LogP contribution is 2.14. The topological polar surface area (TPSA) is 44.9 Å². The van der Waals surface area contributed by atoms with Gasteiger partial charge in [0.2, 0.25) is 0 Å². The highest BCUT2D eigenvalue weighted by molar-refractivity contribution is 5.34. The number of benzene rings is 1. The fourth-order valence-electron chi connectivity index (χ4n) is 2.00. The number of aryl methyl sites for hydroxylation is 1. The molecule has 0 saturated heterocycles. The van der Waals surface area contributed by atoms with E-state index in [9.17, 15) is 4.39 Å². The van der Waals surface area contributed by atoms with Gasteiger partial charge in [0.1, 0.15) is 11.9 Å². The third-order valence-electron chi connectivity index (χ3n) is 2.85. The first-order valence-electron chi connectivity index (χ1n) is 5.93. The quantitative estimate of drug-likeness (QED) is 0.843. The molecule has 1 aromatic heterocycles. The van der Waals surface area contributed by atoms with Crippen LogP contribution < -0.4 is 0 Å². The molecular formula is C14H15FN4. The lowest BCUT2D eigenvalue weighted by Crippen LogP contribution is -2.18. The molecule has 0 N–H and O–H groups in total. The van der Waals surface area contributed by atoms with Crippen LogP contribution in [0.3, 0.4) is 0 Å². The minimum atomic E-state index is -0.428. The fraction of sp³-hybridized carbons (Fsp3) is 0.286. The Morgan fingerprint density at radius 2 is 2.21 bits per heavy atom. The van der Waals surface area contributed by atoms with Crippen LogP contribution in [0.2, 0.25) is 0 Å². The van der Waals surface area contributed by atoms with Gasteiger partial charge in [0.05, 0.1) is 11.8 Å². The van der Waals surface area contributed by atoms with Crippen molar-refractivity contribution in [1.82, 2.24) is 14.7 Å². The molecule has 0 unspecified atom stereocenters. The number of nitrogens with zero attached hydrogens (tertiary/aromatic N) is 4. The molecule has 0 bridgehead atoms. The maximum absolute atomic E-state index is 13.9. The second-order valence-electron chi connectivity index (χ2n) is 4.59. The molecule has 0 amide bonds. The fourth-order valence-corrected chi connectivity index (χ4v) is 2.00. The first-order chi connectivity index (χ1) is 9.10. The summed E-state index contributed by atoms with van der Waals surface area (Å²) in [6, 6.07) is 6.75. The van der Waals surface area contributed by atoms with E-state index in [0.717, 1.165) is 5.56 Å². The van der Waals surface area contributed by atoms with E-state index in [1.54, 1.807) is 23.0 Å². The Hall–Kier alpha value is -2.19. The van der Waals surface area contributed by atoms with E-state index in [1.165, 1.54) is 6.07 Å². The Morgan fingerprint density at radius 3 is 2.84 bits per heavy atom. The van der Waals surface area contributed by atoms with Crippen LogP contribution in [-0.4, -0.2) is 21.7 Å². The second kappa shape index (κ2) is 5.63. The predicted molar refractivity (Wildman–Crippen MR) is 69.5 cm³/mol. The van der Waals surface area contributed by atoms with Crippen LogP contribution in [0.5, 0.6) is 0 Å². The minimum Gasteiger partial charge on any atom is -0.298 e. The van der Waals surface area contributed by atoms with E-state index in [0.29, 0.717) is 18.7 Å². The second-order valence-corrected chi connectivity index (χ2v) is 4.59. The molecule has 2 aromatic rings. The van der Waals surface area contributed by atoms with Gasteiger partial charge in [0.25, 0.3) is 0 Å². The van der Waals surface area contributed by atoms with Crippen LogP contribution in [0.4, 0.5) is 4.39 Å². The zero-order valence-electron chi connectivity index (χ0n) is 11.0. The van der Waals surface area contributed by atoms with Crippen molar-refractivity contribution in [2.45, 2.75) is 13.1 Å². The Kier molecular flexibility index (Phi) is 3.93. The molecule has 0 atom stereocenters. The van der Waals surface area contributed by atoms with Crippen LogP contribution in [0.15, 0.2) is 30.6 Å². The van der Waals surface area contributed by atoms with Crippen LogP contribution >= 0.6 is 0 Å². The van der Waals surface area contributed by atoms with Crippen molar-refractivity contribution in [1.29, 1.82) is 5.26 Å². The zero-order chi connectivity index (χ0) is 13.8. The average molecular weight is 258 g/mol. The molecule has 98 valence electrons. The number of halogens is 1. The zero-order valence-corrected chi connectivity index (χ0v) is 11.0. The molecule has 1 aromatic carbocycles. The molecule has 0 aliphatic rings. The molecule has 19 heavy (non-hydrogen) atoms. The van der Waals surface area contributed by atoms with Crippen molar-refractivity contribution in [3.05, 3.63) is 53.1 Å². The summed E-state index contributed by atoms with van der Waals surface area (Å²) in [6.45, 7) is 1.14. The average Bonchev–Trinajstić information content (AvgIpc) is 2.77. The number of hydrogen-bond donors (Lipinski definition) is 0. The molecule has 0 spiro atoms. The number of hydrogen-bond acceptors (Lipinski definition) is 3. The number of nitriles is 1. The Bertz CT molecular complexity index is 612. The third kappa shape index (κ3) is 3.18. The first kappa shape index (κ1) is 13.2. The van der Waals surface area contributed by atoms with Crippen molar-refractivity contribution < 1.29 is 4.39 Å². The molecule has 0 radical (unpaired) electrons. The van der Waals surface area contributed by atoms with Gasteiger partial charge in [-0.1, -0.05) is 12.1 Å². The largest absolute Gasteiger partial charge is 0.298 e. The normalized spacial score (nSPS) is 10.7. The summed E-state index contributed by atoms with van der Waals surface area (Å²) < 4.78 is 15.6. The third-order valence-corrected chi connectivity index (χ3v) is 2.85. The van der Waals surface area contributed by atoms with E-state index in [1.807, 2.05) is 31.3 Å². The number of aromatic nitrogens is 2. The van der Waals surface area contributed by atoms with E-state index >= 15 is 0 Å². The van der Waals surface area contributed by atoms with E-state index in [2.05, 4.69) is 5.10 Å². The van der Waals surface area contributed by atoms with Crippen LogP contribution in [0.25, 0.3) is 0 Å². The summed E-state index contributed by atoms with van der Waals surface area (Å²) in [4.78, 5) is 1.98. The van der Waals surface area contributed by atoms with Gasteiger partial charge >= 0.3 is 0 Å². The lowest BCUT2D eigenvalue weighted by atomic mass is 10.1. The van der Waals surface area contributed by atoms with E-state index < -0.39 is 5.82 Å². The summed E-state index contributed by atoms with van der Waals surface area (Å²) in [5.41, 5.74) is 1.69. The molecule has 4 nitrogen and oxygen atoms in total. The van der Waals surface area contributed by atoms with Gasteiger partial charge in [0.15, 0.2) is 0 Å². The van der Waals surface area contributed by atoms with Crippen molar-refractivity contribution in [2.75, 3.05) is 7.05 Å². The number of rotatable bonds is 4. The predicted octanol–water partition coefficient (Wildman–Crippen LogP) is 2.06. The van der Waals surface area contributed by atoms with Gasteiger partial charge in [-0.2, -0.15) is 10.4 Å². The maximum atomic E-state index is 13.9. The molecule has 0 fully saturated rings. The van der Waals surface area contributed by atoms with Gasteiger partial charge in [-0.05, 0) is 13.1 Å². The Morgan fingerprint density at radius 1 is 1.42 bits per heavy atom. The van der Waals surface area contributed by atoms with E-state index in [4.69, 9.17) is 5.26 Å². The van der Waals surface area contributed by atoms with Crippen LogP contribution in [-0.2, 0) is 20.1 Å². The lowest BCUT2D eigenvalue weighted by Gasteiger charge is -2.16. The van der Waals surface area contributed by atoms with Gasteiger partial charge < -0.3 is 0 Å². The Labute approximate surface area is 111 Å². The molecular weight excluding hydrogens is 243 g/mol. The highest BCUT2D eigenvalue weighted by Gasteiger charge is 2.10. The lowest BCUT2D eigenvalue weighted by molar-refractivity contribution is 0.313. The summed E-state index contributed by atoms with van der Waals surface area (Å²) in [5.74, 6) is -0.428. The molecule has 0 saturated carbocycles. The summed E-state index contributed by atoms with van der Waals surface area (Å²) >= 11 is 0. The smallest absolute Gasteiger partial charge is 0.145 e. The van der Waals surface area contributed by atoms with Crippen LogP contribution in [0, 0.1) is 17.1 Å². The van der Waals surface area contributed by atoms with Gasteiger partial charge in [-0.25, -0.2) is 4.39 Å². The highest BCUT2D eigenvalue weighted by atomic mass is 19.1. The van der Waals surface area contributed by atoms with Gasteiger partial charge in [-0.15, -0.1) is 0 Å². The van der Waals surface area contributed by atoms with Crippen molar-refractivity contribution in [3.8, 4) is 6.07 Å². The van der Waals surface area contributed by atoms with Crippen molar-refractivity contribution in [2.24, 2.45) is 7.05 Å². The molecule has 5 heteroatoms. The van der Waals surface area contributed by atoms with Crippen molar-refractivity contribution in [3.63, 3.8) is 0 Å². The molecule has 1 heterocycles. The monoisotopic (exact) mass is 258 g/mol. The molecule has 2 rings (SSSR count). The SMILES string of the molecule is CN(Cc1cnn(C)c1)Cc1cccc(C#N)c1F. The van der Waals surface area contributed by atoms with Crippen LogP contribution in [0.1, 0.15) is 16.7 Å². The molecule has 0 aliphatic carbocycles. The summed E-state index contributed by atoms with van der Waals surface area (Å²) in [7, 11) is 3.77. The van der Waals surface area contributed by atoms with Crippen molar-refractivity contribution >= 4 is 0 Å². The standard InChI is InChI=1S/C14H15FN4/c1-18(8-11-7-17-19(2)9-11)10-13-5-3-4-12(6-16)14(13)15/h3-5,7,9H,8,10H2,1-2H3. The first-order valence-corrected chi connectivity index (χ1v) is 5.93. The van der Waals surface area contributed by atoms with Gasteiger partial charge in [0, 0.05) is 37.5 Å². The molecule has 0 aliphatic heterocycles. The summed E-state index contributed by atoms with van der Waals surface area (Å²) in [6.07, 6.45) is 3.72. The summed E-state index contributed by atoms with van der Waals surface area (Å²) in [5, 5.41) is 12.9. The Balaban J connectivity index is 2.07. The minimum absolute atomic E-state index is 0.0901. The van der Waals surface area contributed by atoms with E-state index in [-0.39, 0.29) is 5.56 Å². The van der Waals surface area contributed by atoms with Gasteiger partial charge in [-0.3, -0.25) is 9.58 Å².